The summed E-state index contributed by atoms with van der Waals surface area (Å²) >= 11 is 0. The lowest BCUT2D eigenvalue weighted by molar-refractivity contribution is -0.311. The molecule has 26 heavy (non-hydrogen) atoms. The SMILES string of the molecule is CC(=O)N[C@@H]1[C@H](OC[C@@H]2O[C@H](O)[C@@H](O)[C@H](O)[C@H]2O)O[C@H](CO)[C@H](O)[C@H]1O. The number of ether oxygens (including phenoxy) is 3. The highest BCUT2D eigenvalue weighted by molar-refractivity contribution is 5.73. The summed E-state index contributed by atoms with van der Waals surface area (Å²) in [5, 5.41) is 70.1. The Kier molecular flexibility index (Phi) is 7.27. The Bertz CT molecular complexity index is 480. The van der Waals surface area contributed by atoms with E-state index in [4.69, 9.17) is 14.2 Å². The van der Waals surface area contributed by atoms with Crippen molar-refractivity contribution in [1.82, 2.24) is 5.32 Å². The van der Waals surface area contributed by atoms with Gasteiger partial charge in [-0.15, -0.1) is 0 Å². The molecule has 0 spiro atoms. The molecule has 0 bridgehead atoms. The quantitative estimate of drug-likeness (QED) is 0.226. The smallest absolute Gasteiger partial charge is 0.217 e. The van der Waals surface area contributed by atoms with Crippen molar-refractivity contribution in [3.63, 3.8) is 0 Å². The lowest BCUT2D eigenvalue weighted by Gasteiger charge is -2.43. The first-order chi connectivity index (χ1) is 12.2. The second-order valence-corrected chi connectivity index (χ2v) is 6.30. The van der Waals surface area contributed by atoms with E-state index in [2.05, 4.69) is 5.32 Å². The topological polar surface area (TPSA) is 198 Å². The van der Waals surface area contributed by atoms with Crippen molar-refractivity contribution in [2.75, 3.05) is 13.2 Å². The Labute approximate surface area is 148 Å². The number of amides is 1. The van der Waals surface area contributed by atoms with E-state index in [-0.39, 0.29) is 0 Å². The van der Waals surface area contributed by atoms with Crippen molar-refractivity contribution < 1.29 is 54.8 Å². The maximum Gasteiger partial charge on any atom is 0.217 e. The monoisotopic (exact) mass is 383 g/mol. The fourth-order valence-electron chi connectivity index (χ4n) is 2.87. The summed E-state index contributed by atoms with van der Waals surface area (Å²) in [4.78, 5) is 11.3. The Morgan fingerprint density at radius 2 is 1.54 bits per heavy atom. The van der Waals surface area contributed by atoms with Gasteiger partial charge in [-0.2, -0.15) is 0 Å². The average Bonchev–Trinajstić information content (AvgIpc) is 2.60. The van der Waals surface area contributed by atoms with Gasteiger partial charge < -0.3 is 55.3 Å². The van der Waals surface area contributed by atoms with E-state index in [0.29, 0.717) is 0 Å². The Balaban J connectivity index is 2.05. The third-order valence-electron chi connectivity index (χ3n) is 4.36. The number of rotatable bonds is 5. The fraction of sp³-hybridized carbons (Fsp3) is 0.929. The molecule has 2 saturated heterocycles. The van der Waals surface area contributed by atoms with Crippen LogP contribution in [0.1, 0.15) is 6.92 Å². The summed E-state index contributed by atoms with van der Waals surface area (Å²) in [5.74, 6) is -0.538. The third-order valence-corrected chi connectivity index (χ3v) is 4.36. The van der Waals surface area contributed by atoms with Gasteiger partial charge in [0.2, 0.25) is 5.91 Å². The van der Waals surface area contributed by atoms with Crippen molar-refractivity contribution in [3.05, 3.63) is 0 Å². The summed E-state index contributed by atoms with van der Waals surface area (Å²) in [6, 6.07) is -1.19. The molecule has 1 amide bonds. The molecule has 12 heteroatoms. The second kappa shape index (κ2) is 8.84. The van der Waals surface area contributed by atoms with Crippen molar-refractivity contribution in [2.24, 2.45) is 0 Å². The van der Waals surface area contributed by atoms with E-state index in [0.717, 1.165) is 0 Å². The molecule has 2 rings (SSSR count). The second-order valence-electron chi connectivity index (χ2n) is 6.30. The predicted octanol–water partition coefficient (Wildman–Crippen LogP) is -5.25. The van der Waals surface area contributed by atoms with Gasteiger partial charge in [0.1, 0.15) is 48.8 Å². The van der Waals surface area contributed by atoms with E-state index >= 15 is 0 Å². The Hall–Kier alpha value is -0.930. The van der Waals surface area contributed by atoms with E-state index in [1.807, 2.05) is 0 Å². The van der Waals surface area contributed by atoms with Gasteiger partial charge in [-0.1, -0.05) is 0 Å². The maximum atomic E-state index is 11.3. The number of carbonyl (C=O) groups excluding carboxylic acids is 1. The molecule has 2 heterocycles. The van der Waals surface area contributed by atoms with E-state index in [9.17, 15) is 40.5 Å². The summed E-state index contributed by atoms with van der Waals surface area (Å²) in [6.07, 6.45) is -13.5. The van der Waals surface area contributed by atoms with Gasteiger partial charge in [0.05, 0.1) is 13.2 Å². The molecule has 10 atom stereocenters. The zero-order valence-corrected chi connectivity index (χ0v) is 14.0. The Morgan fingerprint density at radius 3 is 2.12 bits per heavy atom. The first-order valence-corrected chi connectivity index (χ1v) is 8.06. The molecule has 0 aromatic carbocycles. The molecule has 8 N–H and O–H groups in total. The minimum Gasteiger partial charge on any atom is -0.394 e. The van der Waals surface area contributed by atoms with Crippen LogP contribution in [0.4, 0.5) is 0 Å². The molecule has 2 fully saturated rings. The van der Waals surface area contributed by atoms with Gasteiger partial charge in [-0.3, -0.25) is 4.79 Å². The van der Waals surface area contributed by atoms with Crippen LogP contribution in [0.2, 0.25) is 0 Å². The molecule has 2 aliphatic heterocycles. The molecule has 2 aliphatic rings. The van der Waals surface area contributed by atoms with Crippen LogP contribution >= 0.6 is 0 Å². The van der Waals surface area contributed by atoms with Crippen molar-refractivity contribution in [3.8, 4) is 0 Å². The zero-order chi connectivity index (χ0) is 19.6. The van der Waals surface area contributed by atoms with Crippen LogP contribution in [0.3, 0.4) is 0 Å². The van der Waals surface area contributed by atoms with Crippen LogP contribution in [0, 0.1) is 0 Å². The number of hydrogen-bond donors (Lipinski definition) is 8. The lowest BCUT2D eigenvalue weighted by Crippen LogP contribution is -2.65. The van der Waals surface area contributed by atoms with Gasteiger partial charge >= 0.3 is 0 Å². The third kappa shape index (κ3) is 4.48. The van der Waals surface area contributed by atoms with Crippen LogP contribution < -0.4 is 5.32 Å². The normalized spacial score (nSPS) is 46.8. The van der Waals surface area contributed by atoms with Gasteiger partial charge in [0.15, 0.2) is 12.6 Å². The number of aliphatic hydroxyl groups is 7. The van der Waals surface area contributed by atoms with Gasteiger partial charge in [0.25, 0.3) is 0 Å². The molecule has 0 aliphatic carbocycles. The van der Waals surface area contributed by atoms with Crippen molar-refractivity contribution in [2.45, 2.75) is 68.3 Å². The minimum absolute atomic E-state index is 0.455. The number of carbonyl (C=O) groups is 1. The molecular formula is C14H25NO11. The van der Waals surface area contributed by atoms with Gasteiger partial charge in [0, 0.05) is 6.92 Å². The zero-order valence-electron chi connectivity index (χ0n) is 14.0. The molecule has 0 aromatic heterocycles. The lowest BCUT2D eigenvalue weighted by atomic mass is 9.96. The molecule has 0 aromatic rings. The highest BCUT2D eigenvalue weighted by Gasteiger charge is 2.47. The van der Waals surface area contributed by atoms with E-state index < -0.39 is 80.5 Å². The highest BCUT2D eigenvalue weighted by Crippen LogP contribution is 2.25. The number of hydrogen-bond acceptors (Lipinski definition) is 11. The van der Waals surface area contributed by atoms with E-state index in [1.165, 1.54) is 6.92 Å². The summed E-state index contributed by atoms with van der Waals surface area (Å²) in [5.41, 5.74) is 0. The van der Waals surface area contributed by atoms with Crippen molar-refractivity contribution >= 4 is 5.91 Å². The molecule has 12 nitrogen and oxygen atoms in total. The predicted molar refractivity (Wildman–Crippen MR) is 80.2 cm³/mol. The van der Waals surface area contributed by atoms with Crippen LogP contribution in [-0.2, 0) is 19.0 Å². The molecule has 152 valence electrons. The van der Waals surface area contributed by atoms with E-state index in [1.54, 1.807) is 0 Å². The first-order valence-electron chi connectivity index (χ1n) is 8.06. The molecule has 0 saturated carbocycles. The number of nitrogens with one attached hydrogen (secondary N) is 1. The van der Waals surface area contributed by atoms with Gasteiger partial charge in [-0.25, -0.2) is 0 Å². The van der Waals surface area contributed by atoms with Crippen LogP contribution in [0.25, 0.3) is 0 Å². The largest absolute Gasteiger partial charge is 0.394 e. The standard InChI is InChI=1S/C14H25NO11/c1-4(17)15-7-10(20)8(18)5(2-16)26-14(7)24-3-6-9(19)11(21)12(22)13(23)25-6/h5-14,16,18-23H,2-3H2,1H3,(H,15,17)/t5-,6+,7+,8+,9+,10+,11-,12+,13+,14-/m1/s1. The van der Waals surface area contributed by atoms with Crippen LogP contribution in [0.5, 0.6) is 0 Å². The molecule has 0 radical (unpaired) electrons. The molecular weight excluding hydrogens is 358 g/mol. The highest BCUT2D eigenvalue weighted by atomic mass is 16.7. The summed E-state index contributed by atoms with van der Waals surface area (Å²) in [6.45, 7) is 0.0944. The van der Waals surface area contributed by atoms with Gasteiger partial charge in [-0.05, 0) is 0 Å². The number of aliphatic hydroxyl groups excluding tert-OH is 7. The molecule has 0 unspecified atom stereocenters. The maximum absolute atomic E-state index is 11.3. The summed E-state index contributed by atoms with van der Waals surface area (Å²) in [7, 11) is 0. The average molecular weight is 383 g/mol. The fourth-order valence-corrected chi connectivity index (χ4v) is 2.87. The Morgan fingerprint density at radius 1 is 0.923 bits per heavy atom. The van der Waals surface area contributed by atoms with Crippen molar-refractivity contribution in [1.29, 1.82) is 0 Å². The first kappa shape index (κ1) is 21.4. The van der Waals surface area contributed by atoms with Crippen LogP contribution in [0.15, 0.2) is 0 Å². The minimum atomic E-state index is -1.75. The summed E-state index contributed by atoms with van der Waals surface area (Å²) < 4.78 is 15.7. The van der Waals surface area contributed by atoms with Crippen LogP contribution in [-0.4, -0.2) is 116 Å².